The van der Waals surface area contributed by atoms with Gasteiger partial charge >= 0.3 is 6.18 Å². The van der Waals surface area contributed by atoms with Gasteiger partial charge in [-0.15, -0.1) is 0 Å². The van der Waals surface area contributed by atoms with Crippen LogP contribution in [-0.2, 0) is 10.9 Å². The Bertz CT molecular complexity index is 497. The topological polar surface area (TPSA) is 58.0 Å². The molecule has 1 aromatic rings. The molecule has 7 heteroatoms. The van der Waals surface area contributed by atoms with E-state index in [4.69, 9.17) is 10.3 Å². The Kier molecular flexibility index (Phi) is 3.97. The van der Waals surface area contributed by atoms with Gasteiger partial charge < -0.3 is 4.74 Å². The van der Waals surface area contributed by atoms with Crippen molar-refractivity contribution >= 4 is 0 Å². The minimum Gasteiger partial charge on any atom is -0.377 e. The maximum Gasteiger partial charge on any atom is 0.416 e. The summed E-state index contributed by atoms with van der Waals surface area (Å²) in [7, 11) is 0. The van der Waals surface area contributed by atoms with Crippen molar-refractivity contribution in [1.82, 2.24) is 0 Å². The standard InChI is InChI=1S/C12H12F3N3O/c13-12(14,15)10-3-1-2-8(4-10)9-5-11(19-7-9)6-17-18-16/h1-4,9,11H,5-7H2/t9-,11-/m0/s1. The second-order valence-electron chi connectivity index (χ2n) is 4.42. The number of hydrogen-bond donors (Lipinski definition) is 0. The number of halogens is 3. The summed E-state index contributed by atoms with van der Waals surface area (Å²) in [5, 5.41) is 3.41. The van der Waals surface area contributed by atoms with E-state index in [0.717, 1.165) is 12.1 Å². The molecule has 2 rings (SSSR count). The molecule has 1 aliphatic rings. The molecular formula is C12H12F3N3O. The van der Waals surface area contributed by atoms with Crippen molar-refractivity contribution < 1.29 is 17.9 Å². The highest BCUT2D eigenvalue weighted by molar-refractivity contribution is 5.29. The Labute approximate surface area is 107 Å². The molecule has 0 radical (unpaired) electrons. The first kappa shape index (κ1) is 13.7. The molecule has 0 aromatic heterocycles. The Morgan fingerprint density at radius 2 is 2.21 bits per heavy atom. The molecule has 0 amide bonds. The fourth-order valence-electron chi connectivity index (χ4n) is 2.16. The normalized spacial score (nSPS) is 23.1. The number of benzene rings is 1. The largest absolute Gasteiger partial charge is 0.416 e. The summed E-state index contributed by atoms with van der Waals surface area (Å²) in [6.45, 7) is 0.568. The lowest BCUT2D eigenvalue weighted by atomic mass is 9.95. The summed E-state index contributed by atoms with van der Waals surface area (Å²) in [4.78, 5) is 2.64. The van der Waals surface area contributed by atoms with E-state index in [1.807, 2.05) is 0 Å². The number of ether oxygens (including phenoxy) is 1. The van der Waals surface area contributed by atoms with Gasteiger partial charge in [-0.3, -0.25) is 0 Å². The van der Waals surface area contributed by atoms with Crippen molar-refractivity contribution in [2.75, 3.05) is 13.2 Å². The monoisotopic (exact) mass is 271 g/mol. The zero-order chi connectivity index (χ0) is 13.9. The highest BCUT2D eigenvalue weighted by Crippen LogP contribution is 2.34. The van der Waals surface area contributed by atoms with Gasteiger partial charge in [-0.1, -0.05) is 23.3 Å². The SMILES string of the molecule is [N-]=[N+]=NC[C@@H]1C[C@H](c2cccc(C(F)(F)F)c2)CO1. The van der Waals surface area contributed by atoms with Crippen LogP contribution in [0.3, 0.4) is 0 Å². The van der Waals surface area contributed by atoms with Crippen LogP contribution in [-0.4, -0.2) is 19.3 Å². The van der Waals surface area contributed by atoms with Crippen molar-refractivity contribution in [2.24, 2.45) is 5.11 Å². The molecule has 0 N–H and O–H groups in total. The maximum atomic E-state index is 12.6. The molecular weight excluding hydrogens is 259 g/mol. The lowest BCUT2D eigenvalue weighted by Crippen LogP contribution is -2.09. The average molecular weight is 271 g/mol. The van der Waals surface area contributed by atoms with Crippen LogP contribution in [0.5, 0.6) is 0 Å². The Morgan fingerprint density at radius 3 is 2.89 bits per heavy atom. The molecule has 0 spiro atoms. The van der Waals surface area contributed by atoms with E-state index in [-0.39, 0.29) is 18.6 Å². The minimum atomic E-state index is -4.33. The molecule has 1 aliphatic heterocycles. The first-order valence-electron chi connectivity index (χ1n) is 5.80. The first-order valence-corrected chi connectivity index (χ1v) is 5.80. The predicted molar refractivity (Wildman–Crippen MR) is 62.6 cm³/mol. The number of azide groups is 1. The lowest BCUT2D eigenvalue weighted by molar-refractivity contribution is -0.137. The van der Waals surface area contributed by atoms with Crippen LogP contribution in [0.2, 0.25) is 0 Å². The molecule has 0 saturated carbocycles. The van der Waals surface area contributed by atoms with Crippen LogP contribution in [0, 0.1) is 0 Å². The van der Waals surface area contributed by atoms with Gasteiger partial charge in [0.2, 0.25) is 0 Å². The van der Waals surface area contributed by atoms with Crippen molar-refractivity contribution in [1.29, 1.82) is 0 Å². The molecule has 1 heterocycles. The van der Waals surface area contributed by atoms with Crippen LogP contribution in [0.1, 0.15) is 23.5 Å². The summed E-state index contributed by atoms with van der Waals surface area (Å²) in [6.07, 6.45) is -3.98. The van der Waals surface area contributed by atoms with Gasteiger partial charge in [0.15, 0.2) is 0 Å². The highest BCUT2D eigenvalue weighted by Gasteiger charge is 2.32. The van der Waals surface area contributed by atoms with E-state index in [0.29, 0.717) is 18.6 Å². The highest BCUT2D eigenvalue weighted by atomic mass is 19.4. The molecule has 1 saturated heterocycles. The molecule has 102 valence electrons. The molecule has 19 heavy (non-hydrogen) atoms. The minimum absolute atomic E-state index is 0.0822. The maximum absolute atomic E-state index is 12.6. The number of hydrogen-bond acceptors (Lipinski definition) is 2. The van der Waals surface area contributed by atoms with Gasteiger partial charge in [0.25, 0.3) is 0 Å². The van der Waals surface area contributed by atoms with Crippen molar-refractivity contribution in [3.05, 3.63) is 45.8 Å². The zero-order valence-corrected chi connectivity index (χ0v) is 9.97. The number of rotatable bonds is 3. The summed E-state index contributed by atoms with van der Waals surface area (Å²) < 4.78 is 43.2. The Morgan fingerprint density at radius 1 is 1.42 bits per heavy atom. The van der Waals surface area contributed by atoms with Crippen molar-refractivity contribution in [2.45, 2.75) is 24.6 Å². The van der Waals surface area contributed by atoms with Gasteiger partial charge in [-0.2, -0.15) is 13.2 Å². The Hall–Kier alpha value is -1.72. The predicted octanol–water partition coefficient (Wildman–Crippen LogP) is 3.89. The number of alkyl halides is 3. The smallest absolute Gasteiger partial charge is 0.377 e. The summed E-state index contributed by atoms with van der Waals surface area (Å²) >= 11 is 0. The molecule has 1 aromatic carbocycles. The van der Waals surface area contributed by atoms with Gasteiger partial charge in [0.1, 0.15) is 0 Å². The quantitative estimate of drug-likeness (QED) is 0.467. The van der Waals surface area contributed by atoms with E-state index in [2.05, 4.69) is 10.0 Å². The van der Waals surface area contributed by atoms with Crippen LogP contribution in [0.25, 0.3) is 10.4 Å². The molecule has 4 nitrogen and oxygen atoms in total. The van der Waals surface area contributed by atoms with Crippen molar-refractivity contribution in [3.63, 3.8) is 0 Å². The van der Waals surface area contributed by atoms with Crippen molar-refractivity contribution in [3.8, 4) is 0 Å². The molecule has 0 bridgehead atoms. The third-order valence-electron chi connectivity index (χ3n) is 3.11. The first-order chi connectivity index (χ1) is 9.00. The number of nitrogens with zero attached hydrogens (tertiary/aromatic N) is 3. The van der Waals surface area contributed by atoms with Gasteiger partial charge in [0, 0.05) is 10.8 Å². The van der Waals surface area contributed by atoms with E-state index >= 15 is 0 Å². The lowest BCUT2D eigenvalue weighted by Gasteiger charge is -2.12. The van der Waals surface area contributed by atoms with Crippen LogP contribution >= 0.6 is 0 Å². The van der Waals surface area contributed by atoms with Crippen LogP contribution in [0.15, 0.2) is 29.4 Å². The van der Waals surface area contributed by atoms with E-state index in [1.165, 1.54) is 6.07 Å². The Balaban J connectivity index is 2.09. The summed E-state index contributed by atoms with van der Waals surface area (Å²) in [5.41, 5.74) is 8.17. The van der Waals surface area contributed by atoms with Gasteiger partial charge in [0.05, 0.1) is 24.8 Å². The third-order valence-corrected chi connectivity index (χ3v) is 3.11. The third kappa shape index (κ3) is 3.39. The second kappa shape index (κ2) is 5.50. The van der Waals surface area contributed by atoms with Gasteiger partial charge in [-0.05, 0) is 23.6 Å². The second-order valence-corrected chi connectivity index (χ2v) is 4.42. The van der Waals surface area contributed by atoms with E-state index in [1.54, 1.807) is 6.07 Å². The zero-order valence-electron chi connectivity index (χ0n) is 9.97. The molecule has 0 unspecified atom stereocenters. The van der Waals surface area contributed by atoms with Crippen LogP contribution < -0.4 is 0 Å². The van der Waals surface area contributed by atoms with Crippen LogP contribution in [0.4, 0.5) is 13.2 Å². The molecule has 2 atom stereocenters. The fourth-order valence-corrected chi connectivity index (χ4v) is 2.16. The fraction of sp³-hybridized carbons (Fsp3) is 0.500. The summed E-state index contributed by atoms with van der Waals surface area (Å²) in [6, 6.07) is 5.28. The van der Waals surface area contributed by atoms with E-state index < -0.39 is 11.7 Å². The van der Waals surface area contributed by atoms with E-state index in [9.17, 15) is 13.2 Å². The molecule has 0 aliphatic carbocycles. The van der Waals surface area contributed by atoms with Gasteiger partial charge in [-0.25, -0.2) is 0 Å². The molecule has 1 fully saturated rings. The summed E-state index contributed by atoms with van der Waals surface area (Å²) in [5.74, 6) is -0.0822. The average Bonchev–Trinajstić information content (AvgIpc) is 2.84.